The second kappa shape index (κ2) is 6.95. The van der Waals surface area contributed by atoms with Crippen LogP contribution in [0.3, 0.4) is 0 Å². The Balaban J connectivity index is 1.99. The van der Waals surface area contributed by atoms with Gasteiger partial charge < -0.3 is 10.1 Å². The second-order valence-electron chi connectivity index (χ2n) is 4.56. The topological polar surface area (TPSA) is 21.3 Å². The Bertz CT molecular complexity index is 478. The number of para-hydroxylation sites is 1. The summed E-state index contributed by atoms with van der Waals surface area (Å²) in [6.07, 6.45) is 1.07. The summed E-state index contributed by atoms with van der Waals surface area (Å²) in [5.41, 5.74) is 2.62. The summed E-state index contributed by atoms with van der Waals surface area (Å²) in [6, 6.07) is 18.9. The fourth-order valence-corrected chi connectivity index (χ4v) is 2.03. The van der Waals surface area contributed by atoms with E-state index in [2.05, 4.69) is 36.5 Å². The fourth-order valence-electron chi connectivity index (χ4n) is 2.03. The van der Waals surface area contributed by atoms with E-state index in [-0.39, 0.29) is 6.04 Å². The maximum absolute atomic E-state index is 5.81. The second-order valence-corrected chi connectivity index (χ2v) is 4.56. The highest BCUT2D eigenvalue weighted by Crippen LogP contribution is 2.17. The summed E-state index contributed by atoms with van der Waals surface area (Å²) >= 11 is 0. The number of likely N-dealkylation sites (N-methyl/N-ethyl adjacent to an activating group) is 1. The summed E-state index contributed by atoms with van der Waals surface area (Å²) in [7, 11) is 1.97. The van der Waals surface area contributed by atoms with Crippen LogP contribution in [-0.2, 0) is 6.42 Å². The van der Waals surface area contributed by atoms with Crippen LogP contribution in [0.25, 0.3) is 0 Å². The van der Waals surface area contributed by atoms with Gasteiger partial charge in [0.05, 0.1) is 6.04 Å². The third-order valence-electron chi connectivity index (χ3n) is 3.30. The number of nitrogens with one attached hydrogen (secondary N) is 1. The lowest BCUT2D eigenvalue weighted by Gasteiger charge is -2.17. The molecule has 0 spiro atoms. The van der Waals surface area contributed by atoms with Crippen LogP contribution in [0, 0.1) is 0 Å². The van der Waals surface area contributed by atoms with Crippen LogP contribution in [0.15, 0.2) is 54.6 Å². The molecule has 0 amide bonds. The fraction of sp³-hybridized carbons (Fsp3) is 0.294. The molecular weight excluding hydrogens is 234 g/mol. The molecule has 2 heteroatoms. The van der Waals surface area contributed by atoms with Gasteiger partial charge in [-0.3, -0.25) is 0 Å². The van der Waals surface area contributed by atoms with Crippen molar-refractivity contribution in [1.82, 2.24) is 5.32 Å². The molecule has 0 saturated carbocycles. The number of hydrogen-bond donors (Lipinski definition) is 1. The quantitative estimate of drug-likeness (QED) is 0.851. The van der Waals surface area contributed by atoms with Crippen LogP contribution < -0.4 is 10.1 Å². The van der Waals surface area contributed by atoms with Gasteiger partial charge in [-0.05, 0) is 36.7 Å². The van der Waals surface area contributed by atoms with E-state index in [4.69, 9.17) is 4.74 Å². The van der Waals surface area contributed by atoms with Crippen LogP contribution >= 0.6 is 0 Å². The highest BCUT2D eigenvalue weighted by molar-refractivity contribution is 5.26. The highest BCUT2D eigenvalue weighted by atomic mass is 16.5. The van der Waals surface area contributed by atoms with E-state index in [1.165, 1.54) is 11.1 Å². The van der Waals surface area contributed by atoms with Crippen LogP contribution in [-0.4, -0.2) is 13.7 Å². The van der Waals surface area contributed by atoms with Crippen molar-refractivity contribution in [3.63, 3.8) is 0 Å². The van der Waals surface area contributed by atoms with Gasteiger partial charge in [0.25, 0.3) is 0 Å². The first-order chi connectivity index (χ1) is 9.33. The van der Waals surface area contributed by atoms with E-state index < -0.39 is 0 Å². The standard InChI is InChI=1S/C17H21NO/c1-3-14-9-11-15(12-10-14)17(18-2)13-19-16-7-5-4-6-8-16/h4-12,17-18H,3,13H2,1-2H3. The number of benzene rings is 2. The van der Waals surface area contributed by atoms with Gasteiger partial charge in [-0.25, -0.2) is 0 Å². The van der Waals surface area contributed by atoms with Crippen molar-refractivity contribution < 1.29 is 4.74 Å². The molecule has 1 atom stereocenters. The first-order valence-electron chi connectivity index (χ1n) is 6.77. The molecule has 0 aliphatic heterocycles. The Kier molecular flexibility index (Phi) is 4.99. The Morgan fingerprint density at radius 1 is 1.00 bits per heavy atom. The largest absolute Gasteiger partial charge is 0.492 e. The van der Waals surface area contributed by atoms with E-state index in [0.29, 0.717) is 6.61 Å². The van der Waals surface area contributed by atoms with Crippen molar-refractivity contribution in [3.8, 4) is 5.75 Å². The Hall–Kier alpha value is -1.80. The SMILES string of the molecule is CCc1ccc(C(COc2ccccc2)NC)cc1. The zero-order chi connectivity index (χ0) is 13.5. The number of aryl methyl sites for hydroxylation is 1. The number of ether oxygens (including phenoxy) is 1. The summed E-state index contributed by atoms with van der Waals surface area (Å²) in [5, 5.41) is 3.30. The molecule has 2 aromatic rings. The summed E-state index contributed by atoms with van der Waals surface area (Å²) < 4.78 is 5.81. The molecule has 1 unspecified atom stereocenters. The van der Waals surface area contributed by atoms with Crippen LogP contribution in [0.1, 0.15) is 24.1 Å². The molecule has 2 aromatic carbocycles. The minimum absolute atomic E-state index is 0.214. The smallest absolute Gasteiger partial charge is 0.119 e. The predicted octanol–water partition coefficient (Wildman–Crippen LogP) is 3.59. The molecule has 0 aromatic heterocycles. The average Bonchev–Trinajstić information content (AvgIpc) is 2.49. The molecule has 0 radical (unpaired) electrons. The van der Waals surface area contributed by atoms with Gasteiger partial charge >= 0.3 is 0 Å². The molecule has 19 heavy (non-hydrogen) atoms. The zero-order valence-electron chi connectivity index (χ0n) is 11.6. The van der Waals surface area contributed by atoms with Crippen molar-refractivity contribution in [2.75, 3.05) is 13.7 Å². The first-order valence-corrected chi connectivity index (χ1v) is 6.77. The van der Waals surface area contributed by atoms with Gasteiger partial charge in [0.15, 0.2) is 0 Å². The van der Waals surface area contributed by atoms with E-state index in [9.17, 15) is 0 Å². The van der Waals surface area contributed by atoms with Crippen molar-refractivity contribution in [1.29, 1.82) is 0 Å². The molecule has 0 saturated heterocycles. The van der Waals surface area contributed by atoms with E-state index in [0.717, 1.165) is 12.2 Å². The maximum atomic E-state index is 5.81. The third kappa shape index (κ3) is 3.83. The van der Waals surface area contributed by atoms with Gasteiger partial charge in [0.2, 0.25) is 0 Å². The zero-order valence-corrected chi connectivity index (χ0v) is 11.6. The van der Waals surface area contributed by atoms with E-state index >= 15 is 0 Å². The molecule has 0 aliphatic rings. The number of hydrogen-bond acceptors (Lipinski definition) is 2. The minimum Gasteiger partial charge on any atom is -0.492 e. The lowest BCUT2D eigenvalue weighted by atomic mass is 10.0. The molecular formula is C17H21NO. The molecule has 2 rings (SSSR count). The highest BCUT2D eigenvalue weighted by Gasteiger charge is 2.09. The van der Waals surface area contributed by atoms with Crippen molar-refractivity contribution in [3.05, 3.63) is 65.7 Å². The summed E-state index contributed by atoms with van der Waals surface area (Å²) in [6.45, 7) is 2.80. The van der Waals surface area contributed by atoms with Gasteiger partial charge in [-0.2, -0.15) is 0 Å². The summed E-state index contributed by atoms with van der Waals surface area (Å²) in [5.74, 6) is 0.910. The Morgan fingerprint density at radius 2 is 1.68 bits per heavy atom. The Labute approximate surface area is 115 Å². The Morgan fingerprint density at radius 3 is 2.26 bits per heavy atom. The van der Waals surface area contributed by atoms with Gasteiger partial charge in [0.1, 0.15) is 12.4 Å². The lowest BCUT2D eigenvalue weighted by molar-refractivity contribution is 0.273. The molecule has 0 aliphatic carbocycles. The normalized spacial score (nSPS) is 12.1. The van der Waals surface area contributed by atoms with E-state index in [1.807, 2.05) is 37.4 Å². The average molecular weight is 255 g/mol. The van der Waals surface area contributed by atoms with E-state index in [1.54, 1.807) is 0 Å². The van der Waals surface area contributed by atoms with Crippen molar-refractivity contribution in [2.45, 2.75) is 19.4 Å². The van der Waals surface area contributed by atoms with Crippen LogP contribution in [0.4, 0.5) is 0 Å². The van der Waals surface area contributed by atoms with Crippen LogP contribution in [0.5, 0.6) is 5.75 Å². The van der Waals surface area contributed by atoms with Gasteiger partial charge in [0, 0.05) is 0 Å². The van der Waals surface area contributed by atoms with Gasteiger partial charge in [-0.1, -0.05) is 49.4 Å². The van der Waals surface area contributed by atoms with Crippen molar-refractivity contribution in [2.24, 2.45) is 0 Å². The summed E-state index contributed by atoms with van der Waals surface area (Å²) in [4.78, 5) is 0. The first kappa shape index (κ1) is 13.6. The molecule has 100 valence electrons. The van der Waals surface area contributed by atoms with Crippen LogP contribution in [0.2, 0.25) is 0 Å². The van der Waals surface area contributed by atoms with Gasteiger partial charge in [-0.15, -0.1) is 0 Å². The lowest BCUT2D eigenvalue weighted by Crippen LogP contribution is -2.23. The molecule has 0 bridgehead atoms. The minimum atomic E-state index is 0.214. The molecule has 2 nitrogen and oxygen atoms in total. The molecule has 0 heterocycles. The molecule has 1 N–H and O–H groups in total. The monoisotopic (exact) mass is 255 g/mol. The third-order valence-corrected chi connectivity index (χ3v) is 3.30. The predicted molar refractivity (Wildman–Crippen MR) is 79.6 cm³/mol. The number of rotatable bonds is 6. The molecule has 0 fully saturated rings. The van der Waals surface area contributed by atoms with Crippen molar-refractivity contribution >= 4 is 0 Å². The maximum Gasteiger partial charge on any atom is 0.119 e.